The van der Waals surface area contributed by atoms with Gasteiger partial charge in [0.25, 0.3) is 5.91 Å². The first-order valence-corrected chi connectivity index (χ1v) is 6.48. The average molecular weight is 320 g/mol. The molecule has 0 aliphatic heterocycles. The minimum Gasteiger partial charge on any atom is -0.350 e. The van der Waals surface area contributed by atoms with Crippen LogP contribution in [0.2, 0.25) is 5.02 Å². The fourth-order valence-electron chi connectivity index (χ4n) is 1.16. The lowest BCUT2D eigenvalue weighted by Crippen LogP contribution is -2.38. The zero-order valence-electron chi connectivity index (χ0n) is 10.1. The Bertz CT molecular complexity index is 409. The van der Waals surface area contributed by atoms with Crippen molar-refractivity contribution in [2.24, 2.45) is 0 Å². The number of halogens is 2. The van der Waals surface area contributed by atoms with Gasteiger partial charge in [0.05, 0.1) is 5.02 Å². The van der Waals surface area contributed by atoms with E-state index in [0.717, 1.165) is 4.47 Å². The summed E-state index contributed by atoms with van der Waals surface area (Å²) in [6, 6.07) is 5.46. The van der Waals surface area contributed by atoms with Crippen LogP contribution in [-0.4, -0.2) is 37.5 Å². The van der Waals surface area contributed by atoms with Crippen molar-refractivity contribution in [2.75, 3.05) is 20.6 Å². The van der Waals surface area contributed by atoms with Crippen LogP contribution in [0.3, 0.4) is 0 Å². The van der Waals surface area contributed by atoms with E-state index in [0.29, 0.717) is 23.2 Å². The number of rotatable bonds is 4. The molecule has 0 aliphatic carbocycles. The van der Waals surface area contributed by atoms with Crippen LogP contribution < -0.4 is 5.32 Å². The smallest absolute Gasteiger partial charge is 0.251 e. The van der Waals surface area contributed by atoms with E-state index in [-0.39, 0.29) is 5.91 Å². The fraction of sp³-hybridized carbons (Fsp3) is 0.417. The summed E-state index contributed by atoms with van der Waals surface area (Å²) in [6.45, 7) is 2.66. The highest BCUT2D eigenvalue weighted by atomic mass is 79.9. The topological polar surface area (TPSA) is 32.3 Å². The molecule has 3 nitrogen and oxygen atoms in total. The monoisotopic (exact) mass is 318 g/mol. The van der Waals surface area contributed by atoms with E-state index in [1.165, 1.54) is 0 Å². The molecule has 0 spiro atoms. The standard InChI is InChI=1S/C12H16BrClN2O/c1-8(16(2)3)7-15-12(17)9-4-5-10(13)11(14)6-9/h4-6,8H,7H2,1-3H3,(H,15,17). The van der Waals surface area contributed by atoms with Gasteiger partial charge in [0.1, 0.15) is 0 Å². The molecule has 0 heterocycles. The van der Waals surface area contributed by atoms with Gasteiger partial charge in [0.15, 0.2) is 0 Å². The van der Waals surface area contributed by atoms with Gasteiger partial charge in [0, 0.05) is 22.6 Å². The van der Waals surface area contributed by atoms with Crippen LogP contribution in [-0.2, 0) is 0 Å². The van der Waals surface area contributed by atoms with Crippen molar-refractivity contribution in [1.82, 2.24) is 10.2 Å². The average Bonchev–Trinajstić information content (AvgIpc) is 2.28. The third-order valence-corrected chi connectivity index (χ3v) is 3.85. The van der Waals surface area contributed by atoms with Crippen molar-refractivity contribution < 1.29 is 4.79 Å². The molecule has 1 amide bonds. The summed E-state index contributed by atoms with van der Waals surface area (Å²) in [7, 11) is 3.96. The first-order chi connectivity index (χ1) is 7.91. The van der Waals surface area contributed by atoms with Gasteiger partial charge >= 0.3 is 0 Å². The summed E-state index contributed by atoms with van der Waals surface area (Å²) in [5.41, 5.74) is 0.573. The third kappa shape index (κ3) is 4.30. The van der Waals surface area contributed by atoms with Crippen LogP contribution in [0.4, 0.5) is 0 Å². The van der Waals surface area contributed by atoms with Gasteiger partial charge in [-0.1, -0.05) is 11.6 Å². The Morgan fingerprint density at radius 3 is 2.71 bits per heavy atom. The highest BCUT2D eigenvalue weighted by Crippen LogP contribution is 2.23. The maximum atomic E-state index is 11.8. The summed E-state index contributed by atoms with van der Waals surface area (Å²) in [5.74, 6) is -0.104. The molecule has 1 rings (SSSR count). The molecule has 0 aromatic heterocycles. The quantitative estimate of drug-likeness (QED) is 0.925. The summed E-state index contributed by atoms with van der Waals surface area (Å²) in [5, 5.41) is 3.41. The largest absolute Gasteiger partial charge is 0.350 e. The molecule has 0 radical (unpaired) electrons. The van der Waals surface area contributed by atoms with Crippen molar-refractivity contribution >= 4 is 33.4 Å². The normalized spacial score (nSPS) is 12.6. The molecule has 5 heteroatoms. The molecule has 0 saturated carbocycles. The molecular weight excluding hydrogens is 304 g/mol. The molecule has 17 heavy (non-hydrogen) atoms. The molecule has 0 saturated heterocycles. The minimum absolute atomic E-state index is 0.104. The molecule has 0 bridgehead atoms. The van der Waals surface area contributed by atoms with Crippen LogP contribution in [0.15, 0.2) is 22.7 Å². The first kappa shape index (κ1) is 14.5. The summed E-state index contributed by atoms with van der Waals surface area (Å²) in [4.78, 5) is 13.9. The molecule has 94 valence electrons. The second-order valence-electron chi connectivity index (χ2n) is 4.15. The summed E-state index contributed by atoms with van der Waals surface area (Å²) in [6.07, 6.45) is 0. The van der Waals surface area contributed by atoms with Crippen molar-refractivity contribution in [3.05, 3.63) is 33.3 Å². The lowest BCUT2D eigenvalue weighted by Gasteiger charge is -2.20. The molecular formula is C12H16BrClN2O. The lowest BCUT2D eigenvalue weighted by atomic mass is 10.2. The number of likely N-dealkylation sites (N-methyl/N-ethyl adjacent to an activating group) is 1. The molecule has 0 aliphatic rings. The van der Waals surface area contributed by atoms with E-state index in [1.54, 1.807) is 18.2 Å². The number of hydrogen-bond donors (Lipinski definition) is 1. The maximum Gasteiger partial charge on any atom is 0.251 e. The zero-order valence-corrected chi connectivity index (χ0v) is 12.5. The second kappa shape index (κ2) is 6.38. The van der Waals surface area contributed by atoms with Gasteiger partial charge in [0.2, 0.25) is 0 Å². The van der Waals surface area contributed by atoms with Crippen LogP contribution in [0.1, 0.15) is 17.3 Å². The van der Waals surface area contributed by atoms with Crippen LogP contribution in [0.25, 0.3) is 0 Å². The van der Waals surface area contributed by atoms with Crippen LogP contribution >= 0.6 is 27.5 Å². The van der Waals surface area contributed by atoms with E-state index in [2.05, 4.69) is 33.1 Å². The van der Waals surface area contributed by atoms with Gasteiger partial charge in [-0.2, -0.15) is 0 Å². The number of carbonyl (C=O) groups excluding carboxylic acids is 1. The van der Waals surface area contributed by atoms with Gasteiger partial charge in [-0.15, -0.1) is 0 Å². The molecule has 1 aromatic rings. The highest BCUT2D eigenvalue weighted by molar-refractivity contribution is 9.10. The lowest BCUT2D eigenvalue weighted by molar-refractivity contribution is 0.0943. The van der Waals surface area contributed by atoms with E-state index in [4.69, 9.17) is 11.6 Å². The second-order valence-corrected chi connectivity index (χ2v) is 5.41. The Balaban J connectivity index is 2.61. The van der Waals surface area contributed by atoms with E-state index in [9.17, 15) is 4.79 Å². The van der Waals surface area contributed by atoms with Crippen molar-refractivity contribution in [1.29, 1.82) is 0 Å². The van der Waals surface area contributed by atoms with Gasteiger partial charge in [-0.3, -0.25) is 4.79 Å². The molecule has 1 aromatic carbocycles. The predicted octanol–water partition coefficient (Wildman–Crippen LogP) is 2.78. The number of benzene rings is 1. The maximum absolute atomic E-state index is 11.8. The first-order valence-electron chi connectivity index (χ1n) is 5.31. The van der Waals surface area contributed by atoms with E-state index >= 15 is 0 Å². The molecule has 1 N–H and O–H groups in total. The summed E-state index contributed by atoms with van der Waals surface area (Å²) < 4.78 is 0.789. The van der Waals surface area contributed by atoms with Crippen LogP contribution in [0, 0.1) is 0 Å². The fourth-order valence-corrected chi connectivity index (χ4v) is 1.59. The third-order valence-electron chi connectivity index (χ3n) is 2.62. The van der Waals surface area contributed by atoms with Crippen molar-refractivity contribution in [2.45, 2.75) is 13.0 Å². The van der Waals surface area contributed by atoms with Crippen molar-refractivity contribution in [3.8, 4) is 0 Å². The Morgan fingerprint density at radius 2 is 2.18 bits per heavy atom. The Labute approximate surface area is 115 Å². The van der Waals surface area contributed by atoms with E-state index in [1.807, 2.05) is 14.1 Å². The minimum atomic E-state index is -0.104. The zero-order chi connectivity index (χ0) is 13.0. The molecule has 1 unspecified atom stereocenters. The number of nitrogens with zero attached hydrogens (tertiary/aromatic N) is 1. The number of carbonyl (C=O) groups is 1. The number of amides is 1. The highest BCUT2D eigenvalue weighted by Gasteiger charge is 2.10. The van der Waals surface area contributed by atoms with Gasteiger partial charge in [-0.05, 0) is 55.1 Å². The Morgan fingerprint density at radius 1 is 1.53 bits per heavy atom. The molecule has 0 fully saturated rings. The summed E-state index contributed by atoms with van der Waals surface area (Å²) >= 11 is 9.23. The molecule has 1 atom stereocenters. The van der Waals surface area contributed by atoms with E-state index < -0.39 is 0 Å². The number of nitrogens with one attached hydrogen (secondary N) is 1. The van der Waals surface area contributed by atoms with Gasteiger partial charge < -0.3 is 10.2 Å². The predicted molar refractivity (Wildman–Crippen MR) is 74.6 cm³/mol. The SMILES string of the molecule is CC(CNC(=O)c1ccc(Br)c(Cl)c1)N(C)C. The van der Waals surface area contributed by atoms with Crippen LogP contribution in [0.5, 0.6) is 0 Å². The van der Waals surface area contributed by atoms with Crippen molar-refractivity contribution in [3.63, 3.8) is 0 Å². The Kier molecular flexibility index (Phi) is 5.43. The van der Waals surface area contributed by atoms with Gasteiger partial charge in [-0.25, -0.2) is 0 Å². The number of hydrogen-bond acceptors (Lipinski definition) is 2. The Hall–Kier alpha value is -0.580.